The lowest BCUT2D eigenvalue weighted by Gasteiger charge is -2.60. The Morgan fingerprint density at radius 2 is 1.67 bits per heavy atom. The number of benzene rings is 3. The van der Waals surface area contributed by atoms with Gasteiger partial charge in [-0.3, -0.25) is 10.1 Å². The zero-order chi connectivity index (χ0) is 47.3. The maximum atomic E-state index is 15.0. The van der Waals surface area contributed by atoms with Gasteiger partial charge in [0.05, 0.1) is 38.1 Å². The van der Waals surface area contributed by atoms with Gasteiger partial charge in [0.1, 0.15) is 34.6 Å². The number of oxime groups is 1. The second-order valence-corrected chi connectivity index (χ2v) is 19.0. The standard InChI is InChI=1S/C52H65N3O12/c1-7-24-64-52-46(55(49(58)33-15-16-33)30-32-14-20-43-45(25-32)63-31-62-43)29-41(54-67-51(2,3)4)38-26-34(12-8-10-22-56)37(13-9-11-23-57)47(48(38)52)39-27-36(18-21-42(39)66-52)65-50(59)53-40-19-17-35(60-5)28-44(40)61-6/h7,14,17-21,25-28,33-34,37,46-48,56-57H,1,8-13,15-16,22-24,29-31H2,2-6H3,(H,53,59). The van der Waals surface area contributed by atoms with Crippen LogP contribution in [0.5, 0.6) is 34.5 Å². The molecule has 0 radical (unpaired) electrons. The molecule has 6 unspecified atom stereocenters. The van der Waals surface area contributed by atoms with Crippen molar-refractivity contribution in [3.05, 3.63) is 90.0 Å². The third-order valence-electron chi connectivity index (χ3n) is 13.3. The molecule has 3 aromatic rings. The van der Waals surface area contributed by atoms with Crippen LogP contribution < -0.4 is 33.7 Å². The number of carbonyl (C=O) groups is 2. The summed E-state index contributed by atoms with van der Waals surface area (Å²) < 4.78 is 42.9. The second kappa shape index (κ2) is 20.6. The van der Waals surface area contributed by atoms with Crippen LogP contribution in [0.25, 0.3) is 0 Å². The lowest BCUT2D eigenvalue weighted by atomic mass is 9.55. The Kier molecular flexibility index (Phi) is 14.7. The summed E-state index contributed by atoms with van der Waals surface area (Å²) >= 11 is 0. The maximum Gasteiger partial charge on any atom is 0.417 e. The Labute approximate surface area is 393 Å². The van der Waals surface area contributed by atoms with Crippen LogP contribution in [0.3, 0.4) is 0 Å². The van der Waals surface area contributed by atoms with Crippen LogP contribution in [0.1, 0.15) is 95.6 Å². The van der Waals surface area contributed by atoms with E-state index < -0.39 is 29.4 Å². The molecule has 360 valence electrons. The molecule has 2 aliphatic heterocycles. The third kappa shape index (κ3) is 10.4. The van der Waals surface area contributed by atoms with Crippen molar-refractivity contribution >= 4 is 23.4 Å². The molecule has 2 saturated carbocycles. The van der Waals surface area contributed by atoms with Crippen LogP contribution in [-0.4, -0.2) is 91.1 Å². The molecule has 3 N–H and O–H groups in total. The van der Waals surface area contributed by atoms with E-state index in [0.29, 0.717) is 58.7 Å². The minimum atomic E-state index is -1.46. The molecule has 2 amide bonds. The van der Waals surface area contributed by atoms with Gasteiger partial charge < -0.3 is 53.1 Å². The fraction of sp³-hybridized carbons (Fsp3) is 0.519. The van der Waals surface area contributed by atoms with Gasteiger partial charge in [0.2, 0.25) is 18.5 Å². The third-order valence-corrected chi connectivity index (χ3v) is 13.3. The molecule has 2 heterocycles. The number of hydrogen-bond acceptors (Lipinski definition) is 13. The van der Waals surface area contributed by atoms with Crippen LogP contribution in [0, 0.1) is 23.7 Å². The molecule has 2 fully saturated rings. The molecule has 67 heavy (non-hydrogen) atoms. The van der Waals surface area contributed by atoms with Crippen LogP contribution in [-0.2, 0) is 20.9 Å². The monoisotopic (exact) mass is 923 g/mol. The summed E-state index contributed by atoms with van der Waals surface area (Å²) in [5, 5.41) is 27.8. The van der Waals surface area contributed by atoms with Crippen molar-refractivity contribution in [2.24, 2.45) is 28.8 Å². The molecule has 0 bridgehead atoms. The number of amides is 2. The summed E-state index contributed by atoms with van der Waals surface area (Å²) in [7, 11) is 3.06. The Hall–Kier alpha value is -5.77. The van der Waals surface area contributed by atoms with Crippen LogP contribution in [0.15, 0.2) is 84.1 Å². The van der Waals surface area contributed by atoms with Gasteiger partial charge in [-0.2, -0.15) is 0 Å². The number of nitrogens with zero attached hydrogens (tertiary/aromatic N) is 2. The normalized spacial score (nSPS) is 24.1. The van der Waals surface area contributed by atoms with Gasteiger partial charge in [-0.15, -0.1) is 6.58 Å². The largest absolute Gasteiger partial charge is 0.497 e. The average Bonchev–Trinajstić information content (AvgIpc) is 4.07. The van der Waals surface area contributed by atoms with Gasteiger partial charge in [-0.05, 0) is 125 Å². The molecule has 8 rings (SSSR count). The van der Waals surface area contributed by atoms with Crippen molar-refractivity contribution in [1.29, 1.82) is 0 Å². The average molecular weight is 924 g/mol. The highest BCUT2D eigenvalue weighted by molar-refractivity contribution is 6.03. The summed E-state index contributed by atoms with van der Waals surface area (Å²) in [5.41, 5.74) is 3.05. The van der Waals surface area contributed by atoms with Gasteiger partial charge in [0.15, 0.2) is 11.5 Å². The number of rotatable bonds is 20. The molecule has 3 aromatic carbocycles. The van der Waals surface area contributed by atoms with Gasteiger partial charge >= 0.3 is 6.09 Å². The van der Waals surface area contributed by atoms with E-state index in [4.69, 9.17) is 43.2 Å². The topological polar surface area (TPSA) is 176 Å². The Morgan fingerprint density at radius 3 is 2.39 bits per heavy atom. The summed E-state index contributed by atoms with van der Waals surface area (Å²) in [6.07, 6.45) is 9.42. The molecule has 15 heteroatoms. The molecule has 3 aliphatic carbocycles. The van der Waals surface area contributed by atoms with E-state index in [1.807, 2.05) is 56.0 Å². The maximum absolute atomic E-state index is 15.0. The van der Waals surface area contributed by atoms with Crippen molar-refractivity contribution in [1.82, 2.24) is 4.90 Å². The molecule has 0 spiro atoms. The first kappa shape index (κ1) is 47.7. The van der Waals surface area contributed by atoms with Crippen LogP contribution in [0.4, 0.5) is 10.5 Å². The van der Waals surface area contributed by atoms with Crippen molar-refractivity contribution < 1.29 is 57.8 Å². The first-order valence-electron chi connectivity index (χ1n) is 23.6. The quantitative estimate of drug-likeness (QED) is 0.0558. The first-order valence-corrected chi connectivity index (χ1v) is 23.6. The molecule has 5 aliphatic rings. The van der Waals surface area contributed by atoms with E-state index in [0.717, 1.165) is 55.2 Å². The highest BCUT2D eigenvalue weighted by atomic mass is 16.7. The van der Waals surface area contributed by atoms with Gasteiger partial charge in [0.25, 0.3) is 0 Å². The minimum Gasteiger partial charge on any atom is -0.497 e. The SMILES string of the molecule is C=CCOC12Oc3ccc(OC(=O)Nc4ccc(OC)cc4OC)cc3C3C(CCCCO)C(CCCCO)C=C(C(=NOC(C)(C)C)CC1N(Cc1ccc4c(c1)OCO4)C(=O)C1CC1)C32. The van der Waals surface area contributed by atoms with Crippen molar-refractivity contribution in [2.75, 3.05) is 46.1 Å². The predicted molar refractivity (Wildman–Crippen MR) is 251 cm³/mol. The van der Waals surface area contributed by atoms with Crippen molar-refractivity contribution in [2.45, 2.75) is 108 Å². The smallest absolute Gasteiger partial charge is 0.417 e. The Balaban J connectivity index is 1.29. The molecule has 0 saturated heterocycles. The Morgan fingerprint density at radius 1 is 0.925 bits per heavy atom. The number of hydrogen-bond donors (Lipinski definition) is 3. The van der Waals surface area contributed by atoms with Crippen molar-refractivity contribution in [3.8, 4) is 34.5 Å². The van der Waals surface area contributed by atoms with Crippen LogP contribution >= 0.6 is 0 Å². The van der Waals surface area contributed by atoms with Gasteiger partial charge in [-0.25, -0.2) is 4.79 Å². The van der Waals surface area contributed by atoms with Gasteiger partial charge in [-0.1, -0.05) is 36.2 Å². The number of ether oxygens (including phenoxy) is 7. The second-order valence-electron chi connectivity index (χ2n) is 19.0. The molecular formula is C52H65N3O12. The predicted octanol–water partition coefficient (Wildman–Crippen LogP) is 8.91. The lowest BCUT2D eigenvalue weighted by Crippen LogP contribution is -2.70. The molecule has 6 atom stereocenters. The zero-order valence-corrected chi connectivity index (χ0v) is 39.3. The van der Waals surface area contributed by atoms with E-state index in [1.54, 1.807) is 37.5 Å². The fourth-order valence-corrected chi connectivity index (χ4v) is 10.2. The van der Waals surface area contributed by atoms with E-state index in [2.05, 4.69) is 18.0 Å². The first-order chi connectivity index (χ1) is 32.4. The van der Waals surface area contributed by atoms with Crippen LogP contribution in [0.2, 0.25) is 0 Å². The van der Waals surface area contributed by atoms with E-state index >= 15 is 0 Å². The summed E-state index contributed by atoms with van der Waals surface area (Å²) in [6, 6.07) is 15.5. The molecule has 0 aromatic heterocycles. The summed E-state index contributed by atoms with van der Waals surface area (Å²) in [6.45, 7) is 10.5. The number of anilines is 1. The van der Waals surface area contributed by atoms with E-state index in [-0.39, 0.29) is 69.2 Å². The summed E-state index contributed by atoms with van der Waals surface area (Å²) in [4.78, 5) is 36.9. The number of aliphatic hydroxyl groups excluding tert-OH is 2. The number of fused-ring (bicyclic) bond motifs is 3. The summed E-state index contributed by atoms with van der Waals surface area (Å²) in [5.74, 6) is 0.541. The fourth-order valence-electron chi connectivity index (χ4n) is 10.2. The zero-order valence-electron chi connectivity index (χ0n) is 39.3. The number of methoxy groups -OCH3 is 2. The Bertz CT molecular complexity index is 2340. The number of allylic oxidation sites excluding steroid dienone is 1. The molecular weight excluding hydrogens is 859 g/mol. The number of unbranched alkanes of at least 4 members (excludes halogenated alkanes) is 2. The number of carbonyl (C=O) groups excluding carboxylic acids is 2. The van der Waals surface area contributed by atoms with Gasteiger partial charge in [0, 0.05) is 49.6 Å². The highest BCUT2D eigenvalue weighted by Gasteiger charge is 2.66. The number of nitrogens with one attached hydrogen (secondary N) is 1. The lowest BCUT2D eigenvalue weighted by molar-refractivity contribution is -0.258. The minimum absolute atomic E-state index is 0.000790. The highest BCUT2D eigenvalue weighted by Crippen LogP contribution is 2.62. The number of aliphatic hydroxyl groups is 2. The van der Waals surface area contributed by atoms with E-state index in [9.17, 15) is 19.8 Å². The van der Waals surface area contributed by atoms with Crippen molar-refractivity contribution in [3.63, 3.8) is 0 Å². The molecule has 15 nitrogen and oxygen atoms in total. The van der Waals surface area contributed by atoms with E-state index in [1.165, 1.54) is 7.11 Å².